The molecule has 0 bridgehead atoms. The number of aryl methyl sites for hydroxylation is 1. The number of ether oxygens (including phenoxy) is 2. The van der Waals surface area contributed by atoms with Crippen LogP contribution in [0.15, 0.2) is 37.4 Å². The number of rotatable bonds is 6. The molecule has 0 fully saturated rings. The van der Waals surface area contributed by atoms with Crippen LogP contribution in [0, 0.1) is 6.92 Å². The fourth-order valence-electron chi connectivity index (χ4n) is 1.79. The van der Waals surface area contributed by atoms with Gasteiger partial charge in [0.25, 0.3) is 5.91 Å². The summed E-state index contributed by atoms with van der Waals surface area (Å²) >= 11 is 0. The van der Waals surface area contributed by atoms with E-state index in [2.05, 4.69) is 14.2 Å². The van der Waals surface area contributed by atoms with Gasteiger partial charge in [-0.05, 0) is 12.5 Å². The van der Waals surface area contributed by atoms with Gasteiger partial charge in [-0.2, -0.15) is 0 Å². The van der Waals surface area contributed by atoms with E-state index in [9.17, 15) is 24.0 Å². The van der Waals surface area contributed by atoms with Crippen molar-refractivity contribution in [3.63, 3.8) is 0 Å². The summed E-state index contributed by atoms with van der Waals surface area (Å²) in [6.07, 6.45) is 2.75. The Hall–Kier alpha value is -3.43. The molecule has 2 rings (SSSR count). The number of carbonyl (C=O) groups excluding carboxylic acids is 4. The smallest absolute Gasteiger partial charge is 0.458 e. The van der Waals surface area contributed by atoms with Crippen LogP contribution >= 0.6 is 0 Å². The maximum Gasteiger partial charge on any atom is 0.519 e. The van der Waals surface area contributed by atoms with Crippen LogP contribution in [-0.4, -0.2) is 30.4 Å². The quantitative estimate of drug-likeness (QED) is 0.413. The lowest BCUT2D eigenvalue weighted by Gasteiger charge is -2.11. The molecule has 1 aliphatic heterocycles. The molecular formula is C15H13NO9. The third-order valence-corrected chi connectivity index (χ3v) is 2.92. The van der Waals surface area contributed by atoms with Crippen molar-refractivity contribution in [3.05, 3.63) is 45.9 Å². The van der Waals surface area contributed by atoms with Crippen molar-refractivity contribution in [3.8, 4) is 0 Å². The number of amides is 2. The maximum absolute atomic E-state index is 11.5. The van der Waals surface area contributed by atoms with Crippen molar-refractivity contribution in [2.45, 2.75) is 20.0 Å². The minimum atomic E-state index is -0.910. The zero-order valence-corrected chi connectivity index (χ0v) is 13.0. The van der Waals surface area contributed by atoms with Gasteiger partial charge < -0.3 is 18.3 Å². The Morgan fingerprint density at radius 2 is 1.76 bits per heavy atom. The van der Waals surface area contributed by atoms with Crippen LogP contribution < -0.4 is 11.1 Å². The summed E-state index contributed by atoms with van der Waals surface area (Å²) in [6, 6.07) is 0. The van der Waals surface area contributed by atoms with Gasteiger partial charge in [0.05, 0.1) is 6.42 Å². The minimum Gasteiger partial charge on any atom is -0.458 e. The lowest BCUT2D eigenvalue weighted by atomic mass is 10.1. The molecule has 1 aromatic heterocycles. The van der Waals surface area contributed by atoms with E-state index in [0.29, 0.717) is 5.57 Å². The molecule has 0 saturated carbocycles. The van der Waals surface area contributed by atoms with Gasteiger partial charge in [-0.25, -0.2) is 14.4 Å². The lowest BCUT2D eigenvalue weighted by Crippen LogP contribution is -2.33. The van der Waals surface area contributed by atoms with E-state index >= 15 is 0 Å². The molecule has 10 heteroatoms. The highest BCUT2D eigenvalue weighted by atomic mass is 16.6. The number of carbonyl (C=O) groups is 4. The molecule has 1 N–H and O–H groups in total. The van der Waals surface area contributed by atoms with Gasteiger partial charge in [0, 0.05) is 18.2 Å². The summed E-state index contributed by atoms with van der Waals surface area (Å²) in [5.41, 5.74) is 0.337. The van der Waals surface area contributed by atoms with Gasteiger partial charge in [0.1, 0.15) is 6.61 Å². The Morgan fingerprint density at radius 3 is 2.32 bits per heavy atom. The normalized spacial score (nSPS) is 14.2. The molecule has 2 heterocycles. The Balaban J connectivity index is 1.76. The van der Waals surface area contributed by atoms with Crippen molar-refractivity contribution in [2.75, 3.05) is 6.61 Å². The summed E-state index contributed by atoms with van der Waals surface area (Å²) in [4.78, 5) is 56.0. The molecule has 132 valence electrons. The number of hydrogen-bond donors (Lipinski definition) is 1. The topological polar surface area (TPSA) is 142 Å². The minimum absolute atomic E-state index is 0.0555. The summed E-state index contributed by atoms with van der Waals surface area (Å²) in [5, 5.41) is 2.07. The molecule has 0 spiro atoms. The number of esters is 2. The summed E-state index contributed by atoms with van der Waals surface area (Å²) < 4.78 is 18.8. The predicted octanol–water partition coefficient (Wildman–Crippen LogP) is -0.343. The van der Waals surface area contributed by atoms with Crippen molar-refractivity contribution in [1.29, 1.82) is 0 Å². The molecule has 0 saturated heterocycles. The first-order valence-corrected chi connectivity index (χ1v) is 6.97. The molecule has 25 heavy (non-hydrogen) atoms. The SMILES string of the molecule is Cc1oc(=O)oc1COC(=O)/C=C/C(=O)OCC1=CC(=O)NC(=O)C1. The van der Waals surface area contributed by atoms with Crippen molar-refractivity contribution >= 4 is 23.8 Å². The summed E-state index contributed by atoms with van der Waals surface area (Å²) in [5.74, 6) is -3.47. The largest absolute Gasteiger partial charge is 0.519 e. The average molecular weight is 351 g/mol. The van der Waals surface area contributed by atoms with Gasteiger partial charge in [0.2, 0.25) is 5.91 Å². The zero-order valence-electron chi connectivity index (χ0n) is 13.0. The Morgan fingerprint density at radius 1 is 1.12 bits per heavy atom. The third-order valence-electron chi connectivity index (χ3n) is 2.92. The summed E-state index contributed by atoms with van der Waals surface area (Å²) in [7, 11) is 0. The van der Waals surface area contributed by atoms with Gasteiger partial charge in [-0.3, -0.25) is 14.9 Å². The highest BCUT2D eigenvalue weighted by molar-refractivity contribution is 6.05. The molecule has 0 unspecified atom stereocenters. The van der Waals surface area contributed by atoms with Gasteiger partial charge in [0.15, 0.2) is 18.1 Å². The lowest BCUT2D eigenvalue weighted by molar-refractivity contribution is -0.141. The molecule has 0 radical (unpaired) electrons. The van der Waals surface area contributed by atoms with Crippen LogP contribution in [0.25, 0.3) is 0 Å². The van der Waals surface area contributed by atoms with Gasteiger partial charge >= 0.3 is 17.8 Å². The average Bonchev–Trinajstić information content (AvgIpc) is 2.85. The van der Waals surface area contributed by atoms with Crippen molar-refractivity contribution in [2.24, 2.45) is 0 Å². The highest BCUT2D eigenvalue weighted by Gasteiger charge is 2.17. The first-order valence-electron chi connectivity index (χ1n) is 6.97. The molecule has 1 aliphatic rings. The Labute approximate surface area is 140 Å². The van der Waals surface area contributed by atoms with Crippen molar-refractivity contribution in [1.82, 2.24) is 5.32 Å². The van der Waals surface area contributed by atoms with Crippen LogP contribution in [0.2, 0.25) is 0 Å². The number of nitrogens with one attached hydrogen (secondary N) is 1. The maximum atomic E-state index is 11.5. The second kappa shape index (κ2) is 7.90. The van der Waals surface area contributed by atoms with Gasteiger partial charge in [-0.15, -0.1) is 0 Å². The molecule has 0 aromatic carbocycles. The van der Waals surface area contributed by atoms with Crippen LogP contribution in [0.5, 0.6) is 0 Å². The van der Waals surface area contributed by atoms with Crippen LogP contribution in [-0.2, 0) is 35.3 Å². The molecule has 0 aliphatic carbocycles. The standard InChI is InChI=1S/C15H13NO9/c1-8-10(25-15(21)24-8)7-23-14(20)3-2-13(19)22-6-9-4-11(17)16-12(18)5-9/h2-4H,5-7H2,1H3,(H,16,17,18)/b3-2+. The molecule has 2 amide bonds. The highest BCUT2D eigenvalue weighted by Crippen LogP contribution is 2.08. The second-order valence-electron chi connectivity index (χ2n) is 4.87. The summed E-state index contributed by atoms with van der Waals surface area (Å²) in [6.45, 7) is 0.878. The molecular weight excluding hydrogens is 338 g/mol. The van der Waals surface area contributed by atoms with E-state index < -0.39 is 29.6 Å². The van der Waals surface area contributed by atoms with Crippen LogP contribution in [0.4, 0.5) is 0 Å². The monoisotopic (exact) mass is 351 g/mol. The molecule has 1 aromatic rings. The van der Waals surface area contributed by atoms with E-state index in [1.165, 1.54) is 6.92 Å². The zero-order chi connectivity index (χ0) is 18.4. The molecule has 0 atom stereocenters. The fourth-order valence-corrected chi connectivity index (χ4v) is 1.79. The first-order chi connectivity index (χ1) is 11.8. The Kier molecular flexibility index (Phi) is 5.66. The van der Waals surface area contributed by atoms with E-state index in [1.54, 1.807) is 0 Å². The van der Waals surface area contributed by atoms with Crippen LogP contribution in [0.1, 0.15) is 17.9 Å². The number of hydrogen-bond acceptors (Lipinski definition) is 9. The Bertz CT molecular complexity index is 824. The third kappa shape index (κ3) is 5.61. The first kappa shape index (κ1) is 17.9. The number of imide groups is 1. The van der Waals surface area contributed by atoms with Crippen LogP contribution in [0.3, 0.4) is 0 Å². The van der Waals surface area contributed by atoms with E-state index in [-0.39, 0.29) is 31.2 Å². The van der Waals surface area contributed by atoms with E-state index in [0.717, 1.165) is 18.2 Å². The second-order valence-corrected chi connectivity index (χ2v) is 4.87. The molecule has 10 nitrogen and oxygen atoms in total. The fraction of sp³-hybridized carbons (Fsp3) is 0.267. The van der Waals surface area contributed by atoms with Crippen molar-refractivity contribution < 1.29 is 37.5 Å². The predicted molar refractivity (Wildman–Crippen MR) is 77.7 cm³/mol. The van der Waals surface area contributed by atoms with Gasteiger partial charge in [-0.1, -0.05) is 0 Å². The van der Waals surface area contributed by atoms with E-state index in [4.69, 9.17) is 9.47 Å². The van der Waals surface area contributed by atoms with E-state index in [1.807, 2.05) is 0 Å².